The molecule has 0 aliphatic rings. The van der Waals surface area contributed by atoms with E-state index in [4.69, 9.17) is 10.3 Å². The summed E-state index contributed by atoms with van der Waals surface area (Å²) < 4.78 is 28.7. The first-order valence-corrected chi connectivity index (χ1v) is 4.08. The van der Waals surface area contributed by atoms with Gasteiger partial charge in [0.05, 0.1) is 0 Å². The Morgan fingerprint density at radius 3 is 1.70 bits per heavy atom. The van der Waals surface area contributed by atoms with Crippen LogP contribution in [0.4, 0.5) is 0 Å². The maximum atomic E-state index is 10.2. The van der Waals surface area contributed by atoms with E-state index in [2.05, 4.69) is 0 Å². The van der Waals surface area contributed by atoms with E-state index in [1.807, 2.05) is 0 Å². The first-order chi connectivity index (χ1) is 3.85. The Morgan fingerprint density at radius 2 is 1.70 bits per heavy atom. The third-order valence-corrected chi connectivity index (χ3v) is 2.23. The Bertz CT molecular complexity index is 177. The summed E-state index contributed by atoms with van der Waals surface area (Å²) in [4.78, 5) is 0. The molecule has 0 spiro atoms. The predicted molar refractivity (Wildman–Crippen MR) is 40.1 cm³/mol. The van der Waals surface area contributed by atoms with E-state index >= 15 is 0 Å². The molecule has 1 atom stereocenters. The maximum absolute atomic E-state index is 10.2. The molecule has 0 rings (SSSR count). The van der Waals surface area contributed by atoms with Gasteiger partial charge >= 0.3 is 0 Å². The van der Waals surface area contributed by atoms with Gasteiger partial charge < -0.3 is 5.73 Å². The Balaban J connectivity index is 0. The molecule has 0 aromatic heterocycles. The van der Waals surface area contributed by atoms with Crippen LogP contribution < -0.4 is 5.73 Å². The van der Waals surface area contributed by atoms with Crippen molar-refractivity contribution in [1.29, 1.82) is 0 Å². The van der Waals surface area contributed by atoms with E-state index in [1.54, 1.807) is 13.8 Å². The first-order valence-electron chi connectivity index (χ1n) is 2.57. The second-order valence-corrected chi connectivity index (χ2v) is 3.80. The molecule has 6 heteroatoms. The largest absolute Gasteiger partial charge is 0.313 e. The predicted octanol–water partition coefficient (Wildman–Crippen LogP) is -0.566. The summed E-state index contributed by atoms with van der Waals surface area (Å²) in [7, 11) is -4.02. The maximum Gasteiger partial charge on any atom is 0.281 e. The van der Waals surface area contributed by atoms with Crippen LogP contribution in [0.15, 0.2) is 0 Å². The SMILES string of the molecule is CC(C)C(N)S(=O)(=O)O.[Na]. The van der Waals surface area contributed by atoms with Gasteiger partial charge in [0.1, 0.15) is 5.37 Å². The molecule has 0 aliphatic carbocycles. The fraction of sp³-hybridized carbons (Fsp3) is 1.00. The average Bonchev–Trinajstić information content (AvgIpc) is 1.62. The van der Waals surface area contributed by atoms with Crippen molar-refractivity contribution in [2.75, 3.05) is 0 Å². The summed E-state index contributed by atoms with van der Waals surface area (Å²) in [5.74, 6) is -0.250. The summed E-state index contributed by atoms with van der Waals surface area (Å²) in [6.07, 6.45) is 0. The fourth-order valence-electron chi connectivity index (χ4n) is 0.344. The summed E-state index contributed by atoms with van der Waals surface area (Å²) in [6, 6.07) is 0. The van der Waals surface area contributed by atoms with Crippen molar-refractivity contribution in [3.63, 3.8) is 0 Å². The van der Waals surface area contributed by atoms with Crippen LogP contribution in [0.1, 0.15) is 13.8 Å². The molecule has 0 bridgehead atoms. The quantitative estimate of drug-likeness (QED) is 0.436. The van der Waals surface area contributed by atoms with Crippen molar-refractivity contribution in [2.45, 2.75) is 19.2 Å². The minimum Gasteiger partial charge on any atom is -0.313 e. The third-order valence-electron chi connectivity index (χ3n) is 1.00. The van der Waals surface area contributed by atoms with E-state index in [9.17, 15) is 8.42 Å². The Morgan fingerprint density at radius 1 is 1.40 bits per heavy atom. The van der Waals surface area contributed by atoms with Gasteiger partial charge in [0.25, 0.3) is 10.1 Å². The normalized spacial score (nSPS) is 14.5. The average molecular weight is 176 g/mol. The van der Waals surface area contributed by atoms with Crippen molar-refractivity contribution in [3.8, 4) is 0 Å². The zero-order chi connectivity index (χ0) is 7.65. The number of rotatable bonds is 2. The molecule has 1 unspecified atom stereocenters. The van der Waals surface area contributed by atoms with Crippen molar-refractivity contribution in [1.82, 2.24) is 0 Å². The van der Waals surface area contributed by atoms with Crippen LogP contribution in [0.25, 0.3) is 0 Å². The molecule has 0 saturated carbocycles. The van der Waals surface area contributed by atoms with Gasteiger partial charge in [0, 0.05) is 29.6 Å². The van der Waals surface area contributed by atoms with Crippen LogP contribution in [0.3, 0.4) is 0 Å². The number of hydrogen-bond donors (Lipinski definition) is 2. The Kier molecular flexibility index (Phi) is 6.31. The molecule has 3 N–H and O–H groups in total. The minimum absolute atomic E-state index is 0. The van der Waals surface area contributed by atoms with Crippen LogP contribution in [0.5, 0.6) is 0 Å². The summed E-state index contributed by atoms with van der Waals surface area (Å²) in [6.45, 7) is 3.25. The third kappa shape index (κ3) is 4.65. The molecular weight excluding hydrogens is 165 g/mol. The molecule has 0 amide bonds. The van der Waals surface area contributed by atoms with Gasteiger partial charge in [-0.15, -0.1) is 0 Å². The van der Waals surface area contributed by atoms with Crippen LogP contribution >= 0.6 is 0 Å². The zero-order valence-electron chi connectivity index (χ0n) is 6.40. The van der Waals surface area contributed by atoms with E-state index in [0.29, 0.717) is 0 Å². The van der Waals surface area contributed by atoms with E-state index in [-0.39, 0.29) is 35.5 Å². The van der Waals surface area contributed by atoms with Gasteiger partial charge in [-0.1, -0.05) is 13.8 Å². The van der Waals surface area contributed by atoms with Gasteiger partial charge in [-0.25, -0.2) is 0 Å². The minimum atomic E-state index is -4.02. The van der Waals surface area contributed by atoms with Crippen molar-refractivity contribution < 1.29 is 13.0 Å². The number of nitrogens with two attached hydrogens (primary N) is 1. The number of hydrogen-bond acceptors (Lipinski definition) is 3. The smallest absolute Gasteiger partial charge is 0.281 e. The zero-order valence-corrected chi connectivity index (χ0v) is 9.22. The second kappa shape index (κ2) is 4.69. The molecule has 0 fully saturated rings. The van der Waals surface area contributed by atoms with Gasteiger partial charge in [0.2, 0.25) is 0 Å². The molecule has 57 valence electrons. The standard InChI is InChI=1S/C4H11NO3S.Na/c1-3(2)4(5)9(6,7)8;/h3-4H,5H2,1-2H3,(H,6,7,8);. The van der Waals surface area contributed by atoms with E-state index in [1.165, 1.54) is 0 Å². The molecule has 10 heavy (non-hydrogen) atoms. The van der Waals surface area contributed by atoms with Gasteiger partial charge in [-0.05, 0) is 5.92 Å². The molecule has 4 nitrogen and oxygen atoms in total. The summed E-state index contributed by atoms with van der Waals surface area (Å²) in [5, 5.41) is -1.16. The van der Waals surface area contributed by atoms with Gasteiger partial charge in [-0.2, -0.15) is 8.42 Å². The summed E-state index contributed by atoms with van der Waals surface area (Å²) in [5.41, 5.74) is 5.06. The first kappa shape index (κ1) is 13.5. The molecule has 0 aliphatic heterocycles. The summed E-state index contributed by atoms with van der Waals surface area (Å²) >= 11 is 0. The van der Waals surface area contributed by atoms with Crippen LogP contribution in [0, 0.1) is 5.92 Å². The van der Waals surface area contributed by atoms with E-state index < -0.39 is 15.5 Å². The van der Waals surface area contributed by atoms with Gasteiger partial charge in [0.15, 0.2) is 0 Å². The van der Waals surface area contributed by atoms with Gasteiger partial charge in [-0.3, -0.25) is 4.55 Å². The second-order valence-electron chi connectivity index (χ2n) is 2.22. The molecule has 1 radical (unpaired) electrons. The van der Waals surface area contributed by atoms with Crippen LogP contribution in [-0.2, 0) is 10.1 Å². The van der Waals surface area contributed by atoms with Crippen LogP contribution in [0.2, 0.25) is 0 Å². The fourth-order valence-corrected chi connectivity index (χ4v) is 1.03. The molecule has 0 saturated heterocycles. The molecular formula is C4H11NNaO3S. The Labute approximate surface area is 83.2 Å². The molecule has 0 heterocycles. The van der Waals surface area contributed by atoms with E-state index in [0.717, 1.165) is 0 Å². The monoisotopic (exact) mass is 176 g/mol. The van der Waals surface area contributed by atoms with Crippen molar-refractivity contribution >= 4 is 39.7 Å². The van der Waals surface area contributed by atoms with Crippen LogP contribution in [-0.4, -0.2) is 47.9 Å². The molecule has 0 aromatic carbocycles. The Hall–Kier alpha value is 0.870. The molecule has 0 aromatic rings. The van der Waals surface area contributed by atoms with Crippen molar-refractivity contribution in [3.05, 3.63) is 0 Å². The van der Waals surface area contributed by atoms with Crippen molar-refractivity contribution in [2.24, 2.45) is 11.7 Å². The topological polar surface area (TPSA) is 80.4 Å².